The lowest BCUT2D eigenvalue weighted by Crippen LogP contribution is -2.52. The van der Waals surface area contributed by atoms with Gasteiger partial charge in [0.1, 0.15) is 0 Å². The van der Waals surface area contributed by atoms with Gasteiger partial charge in [0.2, 0.25) is 5.91 Å². The molecule has 2 fully saturated rings. The summed E-state index contributed by atoms with van der Waals surface area (Å²) in [5.41, 5.74) is 0.841. The van der Waals surface area contributed by atoms with Gasteiger partial charge < -0.3 is 14.7 Å². The van der Waals surface area contributed by atoms with E-state index >= 15 is 0 Å². The first-order valence-corrected chi connectivity index (χ1v) is 7.82. The molecule has 1 aromatic rings. The first-order valence-electron chi connectivity index (χ1n) is 7.82. The van der Waals surface area contributed by atoms with Crippen molar-refractivity contribution in [1.82, 2.24) is 4.90 Å². The van der Waals surface area contributed by atoms with Gasteiger partial charge in [-0.25, -0.2) is 4.79 Å². The molecular formula is C17H21NO4. The lowest BCUT2D eigenvalue weighted by atomic mass is 9.99. The number of nitrogens with zero attached hydrogens (tertiary/aromatic N) is 1. The van der Waals surface area contributed by atoms with E-state index in [1.165, 1.54) is 12.8 Å². The third kappa shape index (κ3) is 3.14. The summed E-state index contributed by atoms with van der Waals surface area (Å²) < 4.78 is 5.94. The molecule has 1 N–H and O–H groups in total. The number of morpholine rings is 1. The zero-order valence-electron chi connectivity index (χ0n) is 12.6. The predicted octanol–water partition coefficient (Wildman–Crippen LogP) is 2.10. The average Bonchev–Trinajstić information content (AvgIpc) is 2.95. The molecule has 5 heteroatoms. The molecule has 3 rings (SSSR count). The Hall–Kier alpha value is -1.88. The first kappa shape index (κ1) is 15.0. The molecule has 5 nitrogen and oxygen atoms in total. The van der Waals surface area contributed by atoms with Crippen LogP contribution in [0.1, 0.15) is 41.6 Å². The summed E-state index contributed by atoms with van der Waals surface area (Å²) in [4.78, 5) is 25.4. The second-order valence-electron chi connectivity index (χ2n) is 6.24. The smallest absolute Gasteiger partial charge is 0.335 e. The van der Waals surface area contributed by atoms with E-state index in [2.05, 4.69) is 0 Å². The van der Waals surface area contributed by atoms with E-state index < -0.39 is 5.97 Å². The first-order chi connectivity index (χ1) is 10.6. The Morgan fingerprint density at radius 3 is 2.77 bits per heavy atom. The van der Waals surface area contributed by atoms with Crippen LogP contribution in [-0.2, 0) is 16.0 Å². The molecule has 1 heterocycles. The minimum absolute atomic E-state index is 0.0529. The largest absolute Gasteiger partial charge is 0.478 e. The highest BCUT2D eigenvalue weighted by molar-refractivity contribution is 5.88. The average molecular weight is 303 g/mol. The van der Waals surface area contributed by atoms with Crippen LogP contribution in [0, 0.1) is 0 Å². The van der Waals surface area contributed by atoms with E-state index in [0.717, 1.165) is 18.4 Å². The van der Waals surface area contributed by atoms with Gasteiger partial charge in [-0.3, -0.25) is 4.79 Å². The molecule has 0 radical (unpaired) electrons. The van der Waals surface area contributed by atoms with Crippen molar-refractivity contribution in [3.05, 3.63) is 35.4 Å². The zero-order valence-corrected chi connectivity index (χ0v) is 12.6. The molecule has 1 amide bonds. The summed E-state index contributed by atoms with van der Waals surface area (Å²) in [6.45, 7) is 1.89. The summed E-state index contributed by atoms with van der Waals surface area (Å²) in [5.74, 6) is -0.914. The van der Waals surface area contributed by atoms with Gasteiger partial charge in [0, 0.05) is 13.1 Å². The van der Waals surface area contributed by atoms with Crippen LogP contribution in [0.15, 0.2) is 24.3 Å². The van der Waals surface area contributed by atoms with Gasteiger partial charge in [-0.05, 0) is 30.5 Å². The van der Waals surface area contributed by atoms with Crippen LogP contribution in [0.25, 0.3) is 0 Å². The Kier molecular flexibility index (Phi) is 4.16. The number of rotatable bonds is 3. The third-order valence-corrected chi connectivity index (χ3v) is 4.65. The number of carboxylic acid groups (broad SMARTS) is 1. The second kappa shape index (κ2) is 6.08. The van der Waals surface area contributed by atoms with E-state index in [-0.39, 0.29) is 23.5 Å². The van der Waals surface area contributed by atoms with E-state index in [1.54, 1.807) is 24.3 Å². The van der Waals surface area contributed by atoms with E-state index in [1.807, 2.05) is 4.90 Å². The number of hydrogen-bond donors (Lipinski definition) is 1. The van der Waals surface area contributed by atoms with E-state index in [0.29, 0.717) is 19.7 Å². The SMILES string of the molecule is O=C(O)c1cccc(CC(=O)N2CCOC3(CCCC3)C2)c1. The van der Waals surface area contributed by atoms with Crippen LogP contribution in [0.4, 0.5) is 0 Å². The van der Waals surface area contributed by atoms with Crippen LogP contribution < -0.4 is 0 Å². The minimum Gasteiger partial charge on any atom is -0.478 e. The van der Waals surface area contributed by atoms with E-state index in [9.17, 15) is 9.59 Å². The maximum absolute atomic E-state index is 12.5. The maximum Gasteiger partial charge on any atom is 0.335 e. The number of carbonyl (C=O) groups is 2. The number of amides is 1. The normalized spacial score (nSPS) is 20.3. The molecule has 1 aliphatic carbocycles. The van der Waals surface area contributed by atoms with Crippen LogP contribution in [0.3, 0.4) is 0 Å². The highest BCUT2D eigenvalue weighted by Gasteiger charge is 2.40. The number of hydrogen-bond acceptors (Lipinski definition) is 3. The highest BCUT2D eigenvalue weighted by atomic mass is 16.5. The standard InChI is InChI=1S/C17H21NO4/c19-15(11-13-4-3-5-14(10-13)16(20)21)18-8-9-22-17(12-18)6-1-2-7-17/h3-5,10H,1-2,6-9,11-12H2,(H,20,21). The quantitative estimate of drug-likeness (QED) is 0.928. The summed E-state index contributed by atoms with van der Waals surface area (Å²) in [7, 11) is 0. The molecule has 22 heavy (non-hydrogen) atoms. The predicted molar refractivity (Wildman–Crippen MR) is 80.8 cm³/mol. The van der Waals surface area contributed by atoms with Crippen molar-refractivity contribution in [3.8, 4) is 0 Å². The monoisotopic (exact) mass is 303 g/mol. The lowest BCUT2D eigenvalue weighted by molar-refractivity contribution is -0.149. The number of aromatic carboxylic acids is 1. The molecule has 0 bridgehead atoms. The Labute approximate surface area is 129 Å². The van der Waals surface area contributed by atoms with Gasteiger partial charge >= 0.3 is 5.97 Å². The summed E-state index contributed by atoms with van der Waals surface area (Å²) in [6.07, 6.45) is 4.65. The fourth-order valence-corrected chi connectivity index (χ4v) is 3.48. The number of carbonyl (C=O) groups excluding carboxylic acids is 1. The fraction of sp³-hybridized carbons (Fsp3) is 0.529. The molecular weight excluding hydrogens is 282 g/mol. The van der Waals surface area contributed by atoms with Crippen molar-refractivity contribution < 1.29 is 19.4 Å². The zero-order chi connectivity index (χ0) is 15.6. The fourth-order valence-electron chi connectivity index (χ4n) is 3.48. The van der Waals surface area contributed by atoms with Crippen molar-refractivity contribution in [2.45, 2.75) is 37.7 Å². The Bertz CT molecular complexity index is 578. The molecule has 2 aliphatic rings. The molecule has 118 valence electrons. The van der Waals surface area contributed by atoms with Crippen molar-refractivity contribution in [2.75, 3.05) is 19.7 Å². The minimum atomic E-state index is -0.967. The van der Waals surface area contributed by atoms with Crippen molar-refractivity contribution in [1.29, 1.82) is 0 Å². The lowest BCUT2D eigenvalue weighted by Gasteiger charge is -2.40. The Balaban J connectivity index is 1.66. The number of benzene rings is 1. The van der Waals surface area contributed by atoms with Crippen molar-refractivity contribution in [3.63, 3.8) is 0 Å². The van der Waals surface area contributed by atoms with E-state index in [4.69, 9.17) is 9.84 Å². The van der Waals surface area contributed by atoms with Crippen LogP contribution >= 0.6 is 0 Å². The van der Waals surface area contributed by atoms with Crippen LogP contribution in [-0.4, -0.2) is 47.2 Å². The topological polar surface area (TPSA) is 66.8 Å². The second-order valence-corrected chi connectivity index (χ2v) is 6.24. The van der Waals surface area contributed by atoms with Gasteiger partial charge in [0.05, 0.1) is 24.2 Å². The molecule has 1 aromatic carbocycles. The Morgan fingerprint density at radius 2 is 2.05 bits per heavy atom. The molecule has 1 saturated carbocycles. The summed E-state index contributed by atoms with van der Waals surface area (Å²) >= 11 is 0. The maximum atomic E-state index is 12.5. The number of ether oxygens (including phenoxy) is 1. The van der Waals surface area contributed by atoms with Crippen molar-refractivity contribution >= 4 is 11.9 Å². The molecule has 0 aromatic heterocycles. The van der Waals surface area contributed by atoms with Gasteiger partial charge in [0.15, 0.2) is 0 Å². The van der Waals surface area contributed by atoms with Crippen LogP contribution in [0.2, 0.25) is 0 Å². The van der Waals surface area contributed by atoms with Crippen LogP contribution in [0.5, 0.6) is 0 Å². The third-order valence-electron chi connectivity index (χ3n) is 4.65. The highest BCUT2D eigenvalue weighted by Crippen LogP contribution is 2.35. The molecule has 1 saturated heterocycles. The number of carboxylic acids is 1. The molecule has 0 unspecified atom stereocenters. The van der Waals surface area contributed by atoms with Gasteiger partial charge in [-0.15, -0.1) is 0 Å². The van der Waals surface area contributed by atoms with Crippen molar-refractivity contribution in [2.24, 2.45) is 0 Å². The summed E-state index contributed by atoms with van der Waals surface area (Å²) in [5, 5.41) is 9.02. The van der Waals surface area contributed by atoms with Gasteiger partial charge in [-0.2, -0.15) is 0 Å². The Morgan fingerprint density at radius 1 is 1.27 bits per heavy atom. The summed E-state index contributed by atoms with van der Waals surface area (Å²) in [6, 6.07) is 6.60. The van der Waals surface area contributed by atoms with Gasteiger partial charge in [-0.1, -0.05) is 25.0 Å². The molecule has 0 atom stereocenters. The van der Waals surface area contributed by atoms with Gasteiger partial charge in [0.25, 0.3) is 0 Å². The molecule has 1 spiro atoms. The molecule has 1 aliphatic heterocycles.